The number of carbonyl (C=O) groups excluding carboxylic acids is 1. The summed E-state index contributed by atoms with van der Waals surface area (Å²) in [6.07, 6.45) is 1.23. The zero-order chi connectivity index (χ0) is 15.1. The second kappa shape index (κ2) is 7.75. The number of morpholine rings is 1. The number of H-pyrrole nitrogens is 1. The number of aromatic amines is 1. The Balaban J connectivity index is 1.85. The fourth-order valence-corrected chi connectivity index (χ4v) is 2.00. The van der Waals surface area contributed by atoms with Gasteiger partial charge in [-0.15, -0.1) is 0 Å². The monoisotopic (exact) mass is 296 g/mol. The van der Waals surface area contributed by atoms with Gasteiger partial charge < -0.3 is 14.8 Å². The van der Waals surface area contributed by atoms with Crippen molar-refractivity contribution in [1.29, 1.82) is 0 Å². The smallest absolute Gasteiger partial charge is 0.345 e. The summed E-state index contributed by atoms with van der Waals surface area (Å²) in [7, 11) is 0. The third-order valence-electron chi connectivity index (χ3n) is 3.12. The Kier molecular flexibility index (Phi) is 5.70. The van der Waals surface area contributed by atoms with Crippen LogP contribution in [-0.4, -0.2) is 66.8 Å². The number of hydrogen-bond acceptors (Lipinski definition) is 7. The second-order valence-electron chi connectivity index (χ2n) is 4.58. The number of esters is 1. The Morgan fingerprint density at radius 2 is 2.29 bits per heavy atom. The van der Waals surface area contributed by atoms with Gasteiger partial charge in [-0.25, -0.2) is 9.78 Å². The van der Waals surface area contributed by atoms with E-state index in [0.29, 0.717) is 12.5 Å². The van der Waals surface area contributed by atoms with Crippen LogP contribution in [-0.2, 0) is 9.47 Å². The first-order chi connectivity index (χ1) is 10.2. The van der Waals surface area contributed by atoms with Crippen LogP contribution in [0.4, 0.5) is 5.95 Å². The van der Waals surface area contributed by atoms with Crippen molar-refractivity contribution in [2.24, 2.45) is 0 Å². The van der Waals surface area contributed by atoms with E-state index in [1.165, 1.54) is 6.20 Å². The van der Waals surface area contributed by atoms with Gasteiger partial charge in [0.1, 0.15) is 5.56 Å². The molecule has 1 aromatic rings. The number of rotatable bonds is 6. The van der Waals surface area contributed by atoms with Crippen LogP contribution in [0.25, 0.3) is 0 Å². The predicted octanol–water partition coefficient (Wildman–Crippen LogP) is -0.309. The van der Waals surface area contributed by atoms with E-state index in [2.05, 4.69) is 20.2 Å². The maximum absolute atomic E-state index is 11.8. The van der Waals surface area contributed by atoms with Gasteiger partial charge in [-0.1, -0.05) is 0 Å². The number of anilines is 1. The number of ether oxygens (including phenoxy) is 2. The van der Waals surface area contributed by atoms with E-state index in [1.807, 2.05) is 0 Å². The number of aromatic nitrogens is 2. The fraction of sp³-hybridized carbons (Fsp3) is 0.615. The Hall–Kier alpha value is -1.93. The van der Waals surface area contributed by atoms with E-state index >= 15 is 0 Å². The Morgan fingerprint density at radius 1 is 1.52 bits per heavy atom. The lowest BCUT2D eigenvalue weighted by atomic mass is 10.3. The molecule has 0 aliphatic carbocycles. The van der Waals surface area contributed by atoms with Crippen LogP contribution in [0.3, 0.4) is 0 Å². The van der Waals surface area contributed by atoms with Gasteiger partial charge in [0.15, 0.2) is 0 Å². The van der Waals surface area contributed by atoms with Gasteiger partial charge in [0.2, 0.25) is 5.95 Å². The first kappa shape index (κ1) is 15.5. The molecule has 2 heterocycles. The number of nitrogens with zero attached hydrogens (tertiary/aromatic N) is 2. The first-order valence-electron chi connectivity index (χ1n) is 7.01. The van der Waals surface area contributed by atoms with Gasteiger partial charge in [0.25, 0.3) is 5.56 Å². The van der Waals surface area contributed by atoms with Crippen molar-refractivity contribution in [3.8, 4) is 0 Å². The summed E-state index contributed by atoms with van der Waals surface area (Å²) in [5.74, 6) is -0.313. The first-order valence-corrected chi connectivity index (χ1v) is 7.01. The summed E-state index contributed by atoms with van der Waals surface area (Å²) in [6.45, 7) is 6.72. The minimum atomic E-state index is -0.661. The Morgan fingerprint density at radius 3 is 2.95 bits per heavy atom. The highest BCUT2D eigenvalue weighted by Gasteiger charge is 2.13. The van der Waals surface area contributed by atoms with Crippen molar-refractivity contribution in [3.63, 3.8) is 0 Å². The van der Waals surface area contributed by atoms with Gasteiger partial charge in [-0.2, -0.15) is 0 Å². The molecule has 0 spiro atoms. The van der Waals surface area contributed by atoms with Gasteiger partial charge in [0, 0.05) is 26.2 Å². The van der Waals surface area contributed by atoms with Gasteiger partial charge in [0.05, 0.1) is 26.0 Å². The van der Waals surface area contributed by atoms with Crippen molar-refractivity contribution >= 4 is 11.9 Å². The third-order valence-corrected chi connectivity index (χ3v) is 3.12. The molecule has 0 saturated carbocycles. The molecule has 0 atom stereocenters. The predicted molar refractivity (Wildman–Crippen MR) is 76.6 cm³/mol. The molecule has 0 aromatic carbocycles. The van der Waals surface area contributed by atoms with E-state index < -0.39 is 11.5 Å². The summed E-state index contributed by atoms with van der Waals surface area (Å²) in [5, 5.41) is 3.03. The van der Waals surface area contributed by atoms with Crippen LogP contribution >= 0.6 is 0 Å². The molecule has 1 aliphatic rings. The molecule has 8 heteroatoms. The highest BCUT2D eigenvalue weighted by Crippen LogP contribution is 1.99. The van der Waals surface area contributed by atoms with Crippen LogP contribution < -0.4 is 10.9 Å². The minimum Gasteiger partial charge on any atom is -0.462 e. The van der Waals surface area contributed by atoms with Crippen LogP contribution in [0.2, 0.25) is 0 Å². The molecule has 2 rings (SSSR count). The van der Waals surface area contributed by atoms with Gasteiger partial charge in [-0.05, 0) is 6.92 Å². The summed E-state index contributed by atoms with van der Waals surface area (Å²) < 4.78 is 10.0. The van der Waals surface area contributed by atoms with E-state index in [4.69, 9.17) is 9.47 Å². The lowest BCUT2D eigenvalue weighted by molar-refractivity contribution is 0.0398. The summed E-state index contributed by atoms with van der Waals surface area (Å²) >= 11 is 0. The topological polar surface area (TPSA) is 96.5 Å². The van der Waals surface area contributed by atoms with Crippen LogP contribution in [0.1, 0.15) is 17.3 Å². The largest absolute Gasteiger partial charge is 0.462 e. The highest BCUT2D eigenvalue weighted by atomic mass is 16.5. The third kappa shape index (κ3) is 4.54. The van der Waals surface area contributed by atoms with E-state index in [1.54, 1.807) is 6.92 Å². The van der Waals surface area contributed by atoms with Crippen molar-refractivity contribution in [2.45, 2.75) is 6.92 Å². The highest BCUT2D eigenvalue weighted by molar-refractivity contribution is 5.88. The molecule has 1 aromatic heterocycles. The SMILES string of the molecule is CCOC(=O)c1cnc(NCCN2CCOCC2)[nH]c1=O. The van der Waals surface area contributed by atoms with E-state index in [9.17, 15) is 9.59 Å². The standard InChI is InChI=1S/C13H20N4O4/c1-2-21-12(19)10-9-15-13(16-11(10)18)14-3-4-17-5-7-20-8-6-17/h9H,2-8H2,1H3,(H2,14,15,16,18). The molecule has 2 N–H and O–H groups in total. The molecule has 1 saturated heterocycles. The van der Waals surface area contributed by atoms with Crippen molar-refractivity contribution < 1.29 is 14.3 Å². The fourth-order valence-electron chi connectivity index (χ4n) is 2.00. The van der Waals surface area contributed by atoms with Gasteiger partial charge in [-0.3, -0.25) is 14.7 Å². The lowest BCUT2D eigenvalue weighted by Crippen LogP contribution is -2.39. The Bertz CT molecular complexity index is 525. The zero-order valence-corrected chi connectivity index (χ0v) is 12.1. The van der Waals surface area contributed by atoms with Crippen LogP contribution in [0.5, 0.6) is 0 Å². The van der Waals surface area contributed by atoms with Crippen molar-refractivity contribution in [1.82, 2.24) is 14.9 Å². The molecule has 0 unspecified atom stereocenters. The molecular weight excluding hydrogens is 276 g/mol. The van der Waals surface area contributed by atoms with Crippen molar-refractivity contribution in [3.05, 3.63) is 22.1 Å². The molecule has 1 fully saturated rings. The minimum absolute atomic E-state index is 0.0874. The Labute approximate surface area is 122 Å². The molecule has 1 aliphatic heterocycles. The number of carbonyl (C=O) groups is 1. The maximum Gasteiger partial charge on any atom is 0.345 e. The van der Waals surface area contributed by atoms with E-state index in [0.717, 1.165) is 32.8 Å². The van der Waals surface area contributed by atoms with Gasteiger partial charge >= 0.3 is 5.97 Å². The molecule has 0 radical (unpaired) electrons. The second-order valence-corrected chi connectivity index (χ2v) is 4.58. The summed E-state index contributed by atoms with van der Waals surface area (Å²) in [4.78, 5) is 32.0. The lowest BCUT2D eigenvalue weighted by Gasteiger charge is -2.26. The molecule has 0 bridgehead atoms. The van der Waals surface area contributed by atoms with Crippen LogP contribution in [0.15, 0.2) is 11.0 Å². The summed E-state index contributed by atoms with van der Waals surface area (Å²) in [6, 6.07) is 0. The molecular formula is C13H20N4O4. The van der Waals surface area contributed by atoms with E-state index in [-0.39, 0.29) is 12.2 Å². The number of hydrogen-bond donors (Lipinski definition) is 2. The normalized spacial score (nSPS) is 15.7. The summed E-state index contributed by atoms with van der Waals surface area (Å²) in [5.41, 5.74) is -0.590. The average molecular weight is 296 g/mol. The van der Waals surface area contributed by atoms with Crippen molar-refractivity contribution in [2.75, 3.05) is 51.3 Å². The quantitative estimate of drug-likeness (QED) is 0.695. The number of nitrogens with one attached hydrogen (secondary N) is 2. The molecule has 8 nitrogen and oxygen atoms in total. The average Bonchev–Trinajstić information content (AvgIpc) is 2.48. The zero-order valence-electron chi connectivity index (χ0n) is 12.1. The molecule has 116 valence electrons. The molecule has 0 amide bonds. The van der Waals surface area contributed by atoms with Crippen LogP contribution in [0, 0.1) is 0 Å². The molecule has 21 heavy (non-hydrogen) atoms. The maximum atomic E-state index is 11.8.